The summed E-state index contributed by atoms with van der Waals surface area (Å²) in [5, 5.41) is 30.5. The Morgan fingerprint density at radius 3 is 2.54 bits per heavy atom. The van der Waals surface area contributed by atoms with Crippen LogP contribution in [0.4, 0.5) is 22.0 Å². The molecule has 35 heavy (non-hydrogen) atoms. The molecule has 0 heterocycles. The molecule has 0 spiro atoms. The third kappa shape index (κ3) is 4.18. The fraction of sp³-hybridized carbons (Fsp3) is 0.704. The first kappa shape index (κ1) is 26.4. The van der Waals surface area contributed by atoms with E-state index >= 15 is 0 Å². The molecule has 196 valence electrons. The predicted octanol–water partition coefficient (Wildman–Crippen LogP) is 6.51. The van der Waals surface area contributed by atoms with Crippen LogP contribution in [0.5, 0.6) is 5.75 Å². The number of phenolic OH excluding ortho intramolecular Hbond substituents is 1. The highest BCUT2D eigenvalue weighted by atomic mass is 19.4. The summed E-state index contributed by atoms with van der Waals surface area (Å²) >= 11 is 0. The number of aliphatic hydroxyl groups is 2. The summed E-state index contributed by atoms with van der Waals surface area (Å²) in [7, 11) is 0. The third-order valence-electron chi connectivity index (χ3n) is 9.46. The summed E-state index contributed by atoms with van der Waals surface area (Å²) in [4.78, 5) is 0. The molecule has 1 aromatic rings. The largest absolute Gasteiger partial charge is 0.508 e. The fourth-order valence-corrected chi connectivity index (χ4v) is 7.81. The zero-order valence-corrected chi connectivity index (χ0v) is 20.0. The molecule has 3 N–H and O–H groups in total. The molecule has 0 radical (unpaired) electrons. The Labute approximate surface area is 203 Å². The summed E-state index contributed by atoms with van der Waals surface area (Å²) in [6, 6.07) is 5.40. The van der Waals surface area contributed by atoms with Crippen LogP contribution in [0, 0.1) is 22.7 Å². The van der Waals surface area contributed by atoms with Gasteiger partial charge in [-0.2, -0.15) is 22.0 Å². The maximum atomic E-state index is 13.4. The predicted molar refractivity (Wildman–Crippen MR) is 122 cm³/mol. The van der Waals surface area contributed by atoms with Gasteiger partial charge >= 0.3 is 12.1 Å². The lowest BCUT2D eigenvalue weighted by Gasteiger charge is -2.60. The normalized spacial score (nSPS) is 35.7. The third-order valence-corrected chi connectivity index (χ3v) is 9.46. The maximum Gasteiger partial charge on any atom is 0.456 e. The van der Waals surface area contributed by atoms with Gasteiger partial charge in [0.25, 0.3) is 0 Å². The molecule has 0 saturated heterocycles. The molecule has 3 aliphatic rings. The van der Waals surface area contributed by atoms with Crippen LogP contribution in [0.15, 0.2) is 30.9 Å². The van der Waals surface area contributed by atoms with E-state index in [2.05, 4.69) is 13.5 Å². The molecule has 0 unspecified atom stereocenters. The van der Waals surface area contributed by atoms with Gasteiger partial charge in [-0.25, -0.2) is 0 Å². The van der Waals surface area contributed by atoms with E-state index in [0.717, 1.165) is 36.8 Å². The first-order chi connectivity index (χ1) is 16.3. The van der Waals surface area contributed by atoms with Crippen molar-refractivity contribution in [2.45, 2.75) is 94.9 Å². The number of halogens is 5. The second kappa shape index (κ2) is 9.02. The standard InChI is InChI=1S/C27H35F5O3/c1-3-25-13-12-16-14-18(33)8-9-19(16)23(25)17(15-24(2)20(25)10-11-21(24)34)6-4-5-7-22(35)26(28,29)27(30,31)32/h3,8-9,14,17,20-23,33-35H,1,4-7,10-13,15H2,2H3/t17-,20+,21-,22+,23+,24-,25-/m0/s1. The van der Waals surface area contributed by atoms with E-state index in [1.807, 2.05) is 12.1 Å². The molecule has 0 bridgehead atoms. The van der Waals surface area contributed by atoms with E-state index in [9.17, 15) is 37.3 Å². The SMILES string of the molecule is C=C[C@@]12CCc3cc(O)ccc3[C@H]1[C@@H](CCCC[C@@H](O)C(F)(F)C(F)(F)F)C[C@@]1(C)[C@H]2CC[C@@H]1O. The minimum Gasteiger partial charge on any atom is -0.508 e. The van der Waals surface area contributed by atoms with Gasteiger partial charge in [-0.3, -0.25) is 0 Å². The number of alkyl halides is 5. The van der Waals surface area contributed by atoms with Gasteiger partial charge in [0, 0.05) is 0 Å². The molecule has 7 atom stereocenters. The Hall–Kier alpha value is -1.67. The van der Waals surface area contributed by atoms with Crippen LogP contribution in [0.3, 0.4) is 0 Å². The molecule has 8 heteroatoms. The molecule has 0 aromatic heterocycles. The number of hydrogen-bond donors (Lipinski definition) is 3. The zero-order chi connectivity index (χ0) is 25.8. The van der Waals surface area contributed by atoms with Crippen molar-refractivity contribution in [2.24, 2.45) is 22.7 Å². The number of unbranched alkanes of at least 4 members (excludes halogenated alkanes) is 1. The highest BCUT2D eigenvalue weighted by Gasteiger charge is 2.64. The van der Waals surface area contributed by atoms with Crippen LogP contribution >= 0.6 is 0 Å². The van der Waals surface area contributed by atoms with Crippen molar-refractivity contribution in [2.75, 3.05) is 0 Å². The summed E-state index contributed by atoms with van der Waals surface area (Å²) in [5.41, 5.74) is 1.61. The Bertz CT molecular complexity index is 947. The zero-order valence-electron chi connectivity index (χ0n) is 20.0. The lowest BCUT2D eigenvalue weighted by Crippen LogP contribution is -2.54. The van der Waals surface area contributed by atoms with Gasteiger partial charge < -0.3 is 15.3 Å². The summed E-state index contributed by atoms with van der Waals surface area (Å²) in [6.07, 6.45) is -2.66. The number of allylic oxidation sites excluding steroid dienone is 1. The summed E-state index contributed by atoms with van der Waals surface area (Å²) in [6.45, 7) is 6.33. The first-order valence-electron chi connectivity index (χ1n) is 12.5. The molecule has 1 aromatic carbocycles. The van der Waals surface area contributed by atoms with Crippen molar-refractivity contribution in [3.63, 3.8) is 0 Å². The molecular weight excluding hydrogens is 467 g/mol. The number of aryl methyl sites for hydroxylation is 1. The number of hydrogen-bond acceptors (Lipinski definition) is 3. The molecule has 0 aliphatic heterocycles. The average Bonchev–Trinajstić information content (AvgIpc) is 3.09. The van der Waals surface area contributed by atoms with Crippen molar-refractivity contribution in [3.8, 4) is 5.75 Å². The topological polar surface area (TPSA) is 60.7 Å². The quantitative estimate of drug-likeness (QED) is 0.226. The van der Waals surface area contributed by atoms with Crippen LogP contribution in [-0.4, -0.2) is 39.6 Å². The van der Waals surface area contributed by atoms with Gasteiger partial charge in [-0.1, -0.05) is 31.9 Å². The lowest BCUT2D eigenvalue weighted by molar-refractivity contribution is -0.313. The Morgan fingerprint density at radius 1 is 1.17 bits per heavy atom. The lowest BCUT2D eigenvalue weighted by atomic mass is 9.44. The van der Waals surface area contributed by atoms with Crippen LogP contribution in [0.1, 0.15) is 75.3 Å². The molecule has 2 saturated carbocycles. The van der Waals surface area contributed by atoms with E-state index in [4.69, 9.17) is 0 Å². The van der Waals surface area contributed by atoms with Crippen LogP contribution in [-0.2, 0) is 6.42 Å². The van der Waals surface area contributed by atoms with Crippen LogP contribution in [0.2, 0.25) is 0 Å². The second-order valence-electron chi connectivity index (χ2n) is 11.2. The van der Waals surface area contributed by atoms with Gasteiger partial charge in [0.15, 0.2) is 0 Å². The number of rotatable bonds is 7. The van der Waals surface area contributed by atoms with E-state index in [1.54, 1.807) is 12.1 Å². The van der Waals surface area contributed by atoms with Crippen LogP contribution < -0.4 is 0 Å². The van der Waals surface area contributed by atoms with Gasteiger partial charge in [0.2, 0.25) is 0 Å². The first-order valence-corrected chi connectivity index (χ1v) is 12.5. The molecule has 3 nitrogen and oxygen atoms in total. The van der Waals surface area contributed by atoms with Crippen molar-refractivity contribution in [1.82, 2.24) is 0 Å². The number of benzene rings is 1. The minimum atomic E-state index is -5.78. The van der Waals surface area contributed by atoms with Gasteiger partial charge in [0.05, 0.1) is 6.10 Å². The molecule has 0 amide bonds. The van der Waals surface area contributed by atoms with Crippen molar-refractivity contribution < 1.29 is 37.3 Å². The number of phenols is 1. The average molecular weight is 503 g/mol. The second-order valence-corrected chi connectivity index (χ2v) is 11.2. The Morgan fingerprint density at radius 2 is 1.89 bits per heavy atom. The van der Waals surface area contributed by atoms with Crippen molar-refractivity contribution in [1.29, 1.82) is 0 Å². The van der Waals surface area contributed by atoms with Gasteiger partial charge in [0.1, 0.15) is 11.9 Å². The highest BCUT2D eigenvalue weighted by molar-refractivity contribution is 5.43. The fourth-order valence-electron chi connectivity index (χ4n) is 7.81. The van der Waals surface area contributed by atoms with E-state index in [1.165, 1.54) is 0 Å². The number of aromatic hydroxyl groups is 1. The van der Waals surface area contributed by atoms with Crippen LogP contribution in [0.25, 0.3) is 0 Å². The van der Waals surface area contributed by atoms with E-state index < -0.39 is 30.7 Å². The Kier molecular flexibility index (Phi) is 6.80. The number of fused-ring (bicyclic) bond motifs is 5. The summed E-state index contributed by atoms with van der Waals surface area (Å²) < 4.78 is 64.5. The highest BCUT2D eigenvalue weighted by Crippen LogP contribution is 2.69. The molecule has 2 fully saturated rings. The van der Waals surface area contributed by atoms with Crippen molar-refractivity contribution in [3.05, 3.63) is 42.0 Å². The minimum absolute atomic E-state index is 0.0439. The summed E-state index contributed by atoms with van der Waals surface area (Å²) in [5.74, 6) is -4.57. The van der Waals surface area contributed by atoms with E-state index in [-0.39, 0.29) is 40.8 Å². The molecular formula is C27H35F5O3. The smallest absolute Gasteiger partial charge is 0.456 e. The molecule has 3 aliphatic carbocycles. The monoisotopic (exact) mass is 502 g/mol. The van der Waals surface area contributed by atoms with Crippen molar-refractivity contribution >= 4 is 0 Å². The van der Waals surface area contributed by atoms with Gasteiger partial charge in [-0.05, 0) is 96.8 Å². The Balaban J connectivity index is 1.58. The van der Waals surface area contributed by atoms with Gasteiger partial charge in [-0.15, -0.1) is 6.58 Å². The van der Waals surface area contributed by atoms with E-state index in [0.29, 0.717) is 19.3 Å². The maximum absolute atomic E-state index is 13.4. The molecule has 4 rings (SSSR count). The number of aliphatic hydroxyl groups excluding tert-OH is 2.